The molecule has 2 aromatic heterocycles. The summed E-state index contributed by atoms with van der Waals surface area (Å²) in [6, 6.07) is 0.360. The first-order chi connectivity index (χ1) is 12.1. The van der Waals surface area contributed by atoms with Crippen molar-refractivity contribution in [3.8, 4) is 0 Å². The quantitative estimate of drug-likeness (QED) is 0.708. The lowest BCUT2D eigenvalue weighted by Gasteiger charge is -2.17. The number of hydrogen-bond acceptors (Lipinski definition) is 7. The summed E-state index contributed by atoms with van der Waals surface area (Å²) >= 11 is 6.11. The molecule has 1 aliphatic carbocycles. The molecule has 0 bridgehead atoms. The van der Waals surface area contributed by atoms with Gasteiger partial charge in [0.05, 0.1) is 12.4 Å². The normalized spacial score (nSPS) is 30.4. The lowest BCUT2D eigenvalue weighted by molar-refractivity contribution is -0.0355. The topological polar surface area (TPSA) is 105 Å². The number of aromatic nitrogens is 4. The molecule has 3 heterocycles. The van der Waals surface area contributed by atoms with Crippen molar-refractivity contribution in [3.63, 3.8) is 0 Å². The van der Waals surface area contributed by atoms with E-state index >= 15 is 0 Å². The van der Waals surface area contributed by atoms with Crippen LogP contribution in [0.4, 0.5) is 5.82 Å². The van der Waals surface area contributed by atoms with Gasteiger partial charge in [0.1, 0.15) is 12.2 Å². The molecule has 1 aliphatic heterocycles. The van der Waals surface area contributed by atoms with Gasteiger partial charge < -0.3 is 20.3 Å². The zero-order valence-electron chi connectivity index (χ0n) is 14.0. The molecule has 8 nitrogen and oxygen atoms in total. The van der Waals surface area contributed by atoms with Gasteiger partial charge in [-0.15, -0.1) is 0 Å². The van der Waals surface area contributed by atoms with Crippen LogP contribution in [0.25, 0.3) is 11.2 Å². The number of halogens is 1. The van der Waals surface area contributed by atoms with Gasteiger partial charge in [-0.1, -0.05) is 19.8 Å². The molecule has 2 fully saturated rings. The van der Waals surface area contributed by atoms with Crippen molar-refractivity contribution < 1.29 is 14.9 Å². The fourth-order valence-corrected chi connectivity index (χ4v) is 3.90. The summed E-state index contributed by atoms with van der Waals surface area (Å²) in [5.74, 6) is 0.598. The molecule has 2 aliphatic rings. The number of nitrogens with zero attached hydrogens (tertiary/aromatic N) is 4. The van der Waals surface area contributed by atoms with Crippen LogP contribution in [0, 0.1) is 0 Å². The SMILES string of the molecule is CC[C@@H]1O[C@H](n2cnc3c(NC4CCCC4)nc(Cl)nc32)[C@@H](O)[C@H]1O. The predicted molar refractivity (Wildman–Crippen MR) is 92.4 cm³/mol. The lowest BCUT2D eigenvalue weighted by Crippen LogP contribution is -2.31. The molecule has 3 N–H and O–H groups in total. The Kier molecular flexibility index (Phi) is 4.53. The van der Waals surface area contributed by atoms with Crippen molar-refractivity contribution in [3.05, 3.63) is 11.6 Å². The molecule has 1 saturated heterocycles. The van der Waals surface area contributed by atoms with Gasteiger partial charge in [0.2, 0.25) is 5.28 Å². The van der Waals surface area contributed by atoms with Crippen molar-refractivity contribution in [2.75, 3.05) is 5.32 Å². The summed E-state index contributed by atoms with van der Waals surface area (Å²) in [5, 5.41) is 24.0. The Balaban J connectivity index is 1.70. The van der Waals surface area contributed by atoms with Gasteiger partial charge in [0.15, 0.2) is 23.2 Å². The maximum atomic E-state index is 10.3. The molecule has 136 valence electrons. The second-order valence-electron chi connectivity index (χ2n) is 6.75. The molecule has 0 amide bonds. The van der Waals surface area contributed by atoms with Gasteiger partial charge in [0.25, 0.3) is 0 Å². The molecular weight excluding hydrogens is 346 g/mol. The summed E-state index contributed by atoms with van der Waals surface area (Å²) in [6.07, 6.45) is 3.57. The first kappa shape index (κ1) is 17.0. The zero-order chi connectivity index (χ0) is 17.6. The molecular formula is C16H22ClN5O3. The number of aliphatic hydroxyl groups excluding tert-OH is 2. The third kappa shape index (κ3) is 2.97. The monoisotopic (exact) mass is 367 g/mol. The standard InChI is InChI=1S/C16H22ClN5O3/c1-2-9-11(23)12(24)15(25-9)22-7-18-10-13(19-8-5-3-4-6-8)20-16(17)21-14(10)22/h7-9,11-12,15,23-24H,2-6H2,1H3,(H,19,20,21)/t9-,11-,12-,15-/m0/s1. The van der Waals surface area contributed by atoms with Crippen molar-refractivity contribution in [1.29, 1.82) is 0 Å². The van der Waals surface area contributed by atoms with Gasteiger partial charge in [0, 0.05) is 6.04 Å². The molecule has 25 heavy (non-hydrogen) atoms. The molecule has 4 rings (SSSR count). The molecule has 4 atom stereocenters. The summed E-state index contributed by atoms with van der Waals surface area (Å²) in [7, 11) is 0. The van der Waals surface area contributed by atoms with Crippen LogP contribution in [0.2, 0.25) is 5.28 Å². The maximum Gasteiger partial charge on any atom is 0.226 e. The van der Waals surface area contributed by atoms with Crippen LogP contribution in [-0.2, 0) is 4.74 Å². The van der Waals surface area contributed by atoms with Gasteiger partial charge in [-0.2, -0.15) is 9.97 Å². The van der Waals surface area contributed by atoms with Crippen LogP contribution < -0.4 is 5.32 Å². The molecule has 2 aromatic rings. The largest absolute Gasteiger partial charge is 0.388 e. The number of fused-ring (bicyclic) bond motifs is 1. The zero-order valence-corrected chi connectivity index (χ0v) is 14.7. The van der Waals surface area contributed by atoms with Gasteiger partial charge >= 0.3 is 0 Å². The van der Waals surface area contributed by atoms with E-state index in [0.29, 0.717) is 29.4 Å². The van der Waals surface area contributed by atoms with Crippen LogP contribution in [-0.4, -0.2) is 54.1 Å². The first-order valence-electron chi connectivity index (χ1n) is 8.76. The number of aliphatic hydroxyl groups is 2. The van der Waals surface area contributed by atoms with E-state index in [1.54, 1.807) is 10.9 Å². The van der Waals surface area contributed by atoms with E-state index in [4.69, 9.17) is 16.3 Å². The highest BCUT2D eigenvalue weighted by molar-refractivity contribution is 6.28. The second-order valence-corrected chi connectivity index (χ2v) is 7.08. The number of imidazole rings is 1. The Labute approximate surface area is 150 Å². The van der Waals surface area contributed by atoms with E-state index in [0.717, 1.165) is 12.8 Å². The Hall–Kier alpha value is -1.48. The van der Waals surface area contributed by atoms with Gasteiger partial charge in [-0.05, 0) is 30.9 Å². The number of nitrogens with one attached hydrogen (secondary N) is 1. The smallest absolute Gasteiger partial charge is 0.226 e. The van der Waals surface area contributed by atoms with Crippen molar-refractivity contribution in [1.82, 2.24) is 19.5 Å². The lowest BCUT2D eigenvalue weighted by atomic mass is 10.1. The number of anilines is 1. The minimum Gasteiger partial charge on any atom is -0.388 e. The van der Waals surface area contributed by atoms with E-state index in [1.165, 1.54) is 12.8 Å². The van der Waals surface area contributed by atoms with E-state index in [9.17, 15) is 10.2 Å². The van der Waals surface area contributed by atoms with E-state index in [1.807, 2.05) is 6.92 Å². The second kappa shape index (κ2) is 6.68. The minimum absolute atomic E-state index is 0.106. The summed E-state index contributed by atoms with van der Waals surface area (Å²) in [5.41, 5.74) is 1.06. The maximum absolute atomic E-state index is 10.3. The van der Waals surface area contributed by atoms with Crippen LogP contribution in [0.1, 0.15) is 45.3 Å². The van der Waals surface area contributed by atoms with Gasteiger partial charge in [-0.25, -0.2) is 4.98 Å². The Morgan fingerprint density at radius 1 is 1.28 bits per heavy atom. The van der Waals surface area contributed by atoms with E-state index in [-0.39, 0.29) is 5.28 Å². The third-order valence-electron chi connectivity index (χ3n) is 5.10. The molecule has 0 aromatic carbocycles. The fraction of sp³-hybridized carbons (Fsp3) is 0.688. The number of ether oxygens (including phenoxy) is 1. The van der Waals surface area contributed by atoms with Crippen molar-refractivity contribution in [2.45, 2.75) is 69.6 Å². The number of hydrogen-bond donors (Lipinski definition) is 3. The molecule has 9 heteroatoms. The average Bonchev–Trinajstić information content (AvgIpc) is 3.29. The van der Waals surface area contributed by atoms with Gasteiger partial charge in [-0.3, -0.25) is 4.57 Å². The van der Waals surface area contributed by atoms with Crippen molar-refractivity contribution in [2.24, 2.45) is 0 Å². The van der Waals surface area contributed by atoms with E-state index in [2.05, 4.69) is 20.3 Å². The fourth-order valence-electron chi connectivity index (χ4n) is 3.74. The number of rotatable bonds is 4. The molecule has 1 saturated carbocycles. The van der Waals surface area contributed by atoms with Crippen LogP contribution >= 0.6 is 11.6 Å². The van der Waals surface area contributed by atoms with Crippen LogP contribution in [0.3, 0.4) is 0 Å². The summed E-state index contributed by atoms with van der Waals surface area (Å²) < 4.78 is 7.42. The minimum atomic E-state index is -1.05. The highest BCUT2D eigenvalue weighted by Crippen LogP contribution is 2.34. The molecule has 0 radical (unpaired) electrons. The first-order valence-corrected chi connectivity index (χ1v) is 9.14. The molecule has 0 spiro atoms. The highest BCUT2D eigenvalue weighted by atomic mass is 35.5. The summed E-state index contributed by atoms with van der Waals surface area (Å²) in [6.45, 7) is 1.90. The average molecular weight is 368 g/mol. The highest BCUT2D eigenvalue weighted by Gasteiger charge is 2.43. The van der Waals surface area contributed by atoms with Crippen molar-refractivity contribution >= 4 is 28.6 Å². The predicted octanol–water partition coefficient (Wildman–Crippen LogP) is 1.86. The third-order valence-corrected chi connectivity index (χ3v) is 5.27. The van der Waals surface area contributed by atoms with Crippen LogP contribution in [0.15, 0.2) is 6.33 Å². The van der Waals surface area contributed by atoms with E-state index < -0.39 is 24.5 Å². The van der Waals surface area contributed by atoms with Crippen LogP contribution in [0.5, 0.6) is 0 Å². The Bertz CT molecular complexity index is 764. The summed E-state index contributed by atoms with van der Waals surface area (Å²) in [4.78, 5) is 13.0. The molecule has 0 unspecified atom stereocenters. The Morgan fingerprint density at radius 3 is 2.72 bits per heavy atom. The Morgan fingerprint density at radius 2 is 2.04 bits per heavy atom.